The lowest BCUT2D eigenvalue weighted by atomic mass is 10.2. The lowest BCUT2D eigenvalue weighted by Crippen LogP contribution is -2.24. The van der Waals surface area contributed by atoms with E-state index >= 15 is 0 Å². The summed E-state index contributed by atoms with van der Waals surface area (Å²) in [6, 6.07) is 11.3. The van der Waals surface area contributed by atoms with Gasteiger partial charge in [-0.15, -0.1) is 0 Å². The van der Waals surface area contributed by atoms with Gasteiger partial charge < -0.3 is 19.5 Å². The summed E-state index contributed by atoms with van der Waals surface area (Å²) in [4.78, 5) is 22.8. The number of carbonyl (C=O) groups is 1. The van der Waals surface area contributed by atoms with Crippen LogP contribution < -0.4 is 15.0 Å². The van der Waals surface area contributed by atoms with E-state index < -0.39 is 0 Å². The molecule has 0 radical (unpaired) electrons. The highest BCUT2D eigenvalue weighted by molar-refractivity contribution is 5.76. The zero-order chi connectivity index (χ0) is 20.6. The number of ether oxygens (including phenoxy) is 1. The molecule has 0 unspecified atom stereocenters. The van der Waals surface area contributed by atoms with Gasteiger partial charge in [0.05, 0.1) is 6.61 Å². The Balaban J connectivity index is 1.51. The van der Waals surface area contributed by atoms with E-state index in [0.29, 0.717) is 31.3 Å². The topological polar surface area (TPSA) is 93.4 Å². The summed E-state index contributed by atoms with van der Waals surface area (Å²) in [7, 11) is 3.84. The van der Waals surface area contributed by atoms with Crippen molar-refractivity contribution in [3.8, 4) is 17.1 Å². The van der Waals surface area contributed by atoms with Crippen molar-refractivity contribution in [1.29, 1.82) is 0 Å². The molecule has 0 saturated carbocycles. The number of anilines is 1. The summed E-state index contributed by atoms with van der Waals surface area (Å²) >= 11 is 0. The van der Waals surface area contributed by atoms with Gasteiger partial charge in [0.1, 0.15) is 11.6 Å². The largest absolute Gasteiger partial charge is 0.494 e. The van der Waals surface area contributed by atoms with Gasteiger partial charge in [-0.25, -0.2) is 4.98 Å². The number of nitrogens with one attached hydrogen (secondary N) is 1. The Kier molecular flexibility index (Phi) is 6.78. The Labute approximate surface area is 169 Å². The van der Waals surface area contributed by atoms with E-state index in [9.17, 15) is 4.79 Å². The Morgan fingerprint density at radius 1 is 1.21 bits per heavy atom. The first-order valence-electron chi connectivity index (χ1n) is 9.50. The molecule has 29 heavy (non-hydrogen) atoms. The first-order valence-corrected chi connectivity index (χ1v) is 9.50. The third-order valence-corrected chi connectivity index (χ3v) is 4.22. The van der Waals surface area contributed by atoms with Crippen molar-refractivity contribution in [2.45, 2.75) is 26.3 Å². The highest BCUT2D eigenvalue weighted by Crippen LogP contribution is 2.20. The van der Waals surface area contributed by atoms with E-state index in [-0.39, 0.29) is 12.3 Å². The summed E-state index contributed by atoms with van der Waals surface area (Å²) in [5.74, 6) is 2.47. The summed E-state index contributed by atoms with van der Waals surface area (Å²) in [5, 5.41) is 6.90. The van der Waals surface area contributed by atoms with Crippen LogP contribution in [-0.2, 0) is 17.8 Å². The van der Waals surface area contributed by atoms with Gasteiger partial charge >= 0.3 is 0 Å². The monoisotopic (exact) mass is 395 g/mol. The molecule has 0 aliphatic heterocycles. The van der Waals surface area contributed by atoms with Crippen LogP contribution >= 0.6 is 0 Å². The molecule has 0 atom stereocenters. The first kappa shape index (κ1) is 20.3. The minimum absolute atomic E-state index is 0.0839. The van der Waals surface area contributed by atoms with E-state index in [2.05, 4.69) is 20.4 Å². The fourth-order valence-corrected chi connectivity index (χ4v) is 2.81. The lowest BCUT2D eigenvalue weighted by Gasteiger charge is -2.16. The smallest absolute Gasteiger partial charge is 0.227 e. The Morgan fingerprint density at radius 2 is 2.00 bits per heavy atom. The molecule has 0 bridgehead atoms. The van der Waals surface area contributed by atoms with Crippen molar-refractivity contribution in [1.82, 2.24) is 20.4 Å². The number of rotatable bonds is 9. The second kappa shape index (κ2) is 9.68. The van der Waals surface area contributed by atoms with Gasteiger partial charge in [0.2, 0.25) is 17.6 Å². The van der Waals surface area contributed by atoms with Crippen LogP contribution in [0.25, 0.3) is 11.4 Å². The maximum atomic E-state index is 12.2. The van der Waals surface area contributed by atoms with E-state index in [1.165, 1.54) is 0 Å². The van der Waals surface area contributed by atoms with Gasteiger partial charge in [0.25, 0.3) is 0 Å². The van der Waals surface area contributed by atoms with Gasteiger partial charge in [-0.3, -0.25) is 4.79 Å². The molecule has 0 aliphatic carbocycles. The maximum Gasteiger partial charge on any atom is 0.227 e. The molecule has 152 valence electrons. The van der Waals surface area contributed by atoms with Gasteiger partial charge in [-0.2, -0.15) is 4.98 Å². The van der Waals surface area contributed by atoms with Crippen LogP contribution in [0.5, 0.6) is 5.75 Å². The van der Waals surface area contributed by atoms with E-state index in [1.54, 1.807) is 6.20 Å². The third kappa shape index (κ3) is 5.54. The minimum atomic E-state index is -0.0839. The average molecular weight is 395 g/mol. The van der Waals surface area contributed by atoms with Crippen molar-refractivity contribution < 1.29 is 14.1 Å². The molecular weight excluding hydrogens is 370 g/mol. The van der Waals surface area contributed by atoms with Gasteiger partial charge in [-0.1, -0.05) is 11.2 Å². The standard InChI is InChI=1S/C21H25N5O3/c1-4-28-17-9-7-15(8-10-17)20-24-19(29-25-20)12-11-18(27)23-14-16-6-5-13-22-21(16)26(2)3/h5-10,13H,4,11-12,14H2,1-3H3,(H,23,27). The van der Waals surface area contributed by atoms with Crippen molar-refractivity contribution in [3.05, 3.63) is 54.0 Å². The van der Waals surface area contributed by atoms with E-state index in [1.807, 2.05) is 62.3 Å². The average Bonchev–Trinajstić information content (AvgIpc) is 3.21. The number of nitrogens with zero attached hydrogens (tertiary/aromatic N) is 4. The third-order valence-electron chi connectivity index (χ3n) is 4.22. The molecule has 8 heteroatoms. The fourth-order valence-electron chi connectivity index (χ4n) is 2.81. The quantitative estimate of drug-likeness (QED) is 0.595. The first-order chi connectivity index (χ1) is 14.1. The van der Waals surface area contributed by atoms with E-state index in [0.717, 1.165) is 22.7 Å². The molecule has 0 spiro atoms. The fraction of sp³-hybridized carbons (Fsp3) is 0.333. The summed E-state index contributed by atoms with van der Waals surface area (Å²) in [6.45, 7) is 2.97. The molecule has 3 aromatic rings. The summed E-state index contributed by atoms with van der Waals surface area (Å²) < 4.78 is 10.7. The van der Waals surface area contributed by atoms with Crippen molar-refractivity contribution in [2.24, 2.45) is 0 Å². The van der Waals surface area contributed by atoms with Gasteiger partial charge in [-0.05, 0) is 37.3 Å². The Bertz CT molecular complexity index is 937. The minimum Gasteiger partial charge on any atom is -0.494 e. The SMILES string of the molecule is CCOc1ccc(-c2noc(CCC(=O)NCc3cccnc3N(C)C)n2)cc1. The number of aromatic nitrogens is 3. The molecule has 0 fully saturated rings. The van der Waals surface area contributed by atoms with Crippen LogP contribution in [0.15, 0.2) is 47.1 Å². The van der Waals surface area contributed by atoms with Crippen LogP contribution in [0.3, 0.4) is 0 Å². The van der Waals surface area contributed by atoms with E-state index in [4.69, 9.17) is 9.26 Å². The molecule has 2 aromatic heterocycles. The summed E-state index contributed by atoms with van der Waals surface area (Å²) in [6.07, 6.45) is 2.38. The number of hydrogen-bond acceptors (Lipinski definition) is 7. The van der Waals surface area contributed by atoms with Crippen molar-refractivity contribution >= 4 is 11.7 Å². The molecule has 1 amide bonds. The molecule has 3 rings (SSSR count). The van der Waals surface area contributed by atoms with Gasteiger partial charge in [0.15, 0.2) is 0 Å². The molecule has 8 nitrogen and oxygen atoms in total. The van der Waals surface area contributed by atoms with Crippen LogP contribution in [-0.4, -0.2) is 41.7 Å². The molecule has 0 aliphatic rings. The van der Waals surface area contributed by atoms with Crippen molar-refractivity contribution in [3.63, 3.8) is 0 Å². The molecule has 1 aromatic carbocycles. The van der Waals surface area contributed by atoms with Crippen LogP contribution in [0.2, 0.25) is 0 Å². The number of benzene rings is 1. The number of carbonyl (C=O) groups excluding carboxylic acids is 1. The number of aryl methyl sites for hydroxylation is 1. The predicted molar refractivity (Wildman–Crippen MR) is 110 cm³/mol. The normalized spacial score (nSPS) is 10.6. The van der Waals surface area contributed by atoms with Crippen LogP contribution in [0.1, 0.15) is 24.8 Å². The maximum absolute atomic E-state index is 12.2. The molecular formula is C21H25N5O3. The van der Waals surface area contributed by atoms with Gasteiger partial charge in [0, 0.05) is 50.8 Å². The lowest BCUT2D eigenvalue weighted by molar-refractivity contribution is -0.121. The molecule has 2 heterocycles. The molecule has 1 N–H and O–H groups in total. The zero-order valence-electron chi connectivity index (χ0n) is 16.9. The zero-order valence-corrected chi connectivity index (χ0v) is 16.9. The predicted octanol–water partition coefficient (Wildman–Crippen LogP) is 2.85. The Hall–Kier alpha value is -3.42. The van der Waals surface area contributed by atoms with Crippen molar-refractivity contribution in [2.75, 3.05) is 25.6 Å². The summed E-state index contributed by atoms with van der Waals surface area (Å²) in [5.41, 5.74) is 1.79. The van der Waals surface area contributed by atoms with Crippen LogP contribution in [0, 0.1) is 0 Å². The number of amides is 1. The number of pyridine rings is 1. The second-order valence-corrected chi connectivity index (χ2v) is 6.63. The number of hydrogen-bond donors (Lipinski definition) is 1. The van der Waals surface area contributed by atoms with Crippen LogP contribution in [0.4, 0.5) is 5.82 Å². The Morgan fingerprint density at radius 3 is 2.72 bits per heavy atom. The second-order valence-electron chi connectivity index (χ2n) is 6.63. The highest BCUT2D eigenvalue weighted by atomic mass is 16.5. The molecule has 0 saturated heterocycles. The highest BCUT2D eigenvalue weighted by Gasteiger charge is 2.12.